The largest absolute Gasteiger partial charge is 0.297 e. The number of benzene rings is 2. The second-order valence-corrected chi connectivity index (χ2v) is 8.71. The first-order valence-electron chi connectivity index (χ1n) is 9.38. The summed E-state index contributed by atoms with van der Waals surface area (Å²) in [5, 5.41) is 0. The summed E-state index contributed by atoms with van der Waals surface area (Å²) in [7, 11) is 0. The molecule has 4 heterocycles. The van der Waals surface area contributed by atoms with Gasteiger partial charge in [-0.2, -0.15) is 0 Å². The number of piperidine rings is 2. The predicted molar refractivity (Wildman–Crippen MR) is 96.5 cm³/mol. The van der Waals surface area contributed by atoms with E-state index in [1.165, 1.54) is 16.7 Å². The summed E-state index contributed by atoms with van der Waals surface area (Å²) >= 11 is 0. The molecule has 6 rings (SSSR count). The Morgan fingerprint density at radius 2 is 1.48 bits per heavy atom. The second-order valence-electron chi connectivity index (χ2n) is 8.71. The van der Waals surface area contributed by atoms with Gasteiger partial charge in [-0.1, -0.05) is 48.0 Å². The Morgan fingerprint density at radius 3 is 2.08 bits per heavy atom. The van der Waals surface area contributed by atoms with Crippen LogP contribution in [0.25, 0.3) is 0 Å². The molecule has 0 saturated carbocycles. The van der Waals surface area contributed by atoms with Crippen LogP contribution in [0.2, 0.25) is 0 Å². The third-order valence-corrected chi connectivity index (χ3v) is 6.83. The van der Waals surface area contributed by atoms with Crippen LogP contribution in [0.15, 0.2) is 54.6 Å². The molecule has 3 heteroatoms. The van der Waals surface area contributed by atoms with Gasteiger partial charge in [0.25, 0.3) is 0 Å². The molecule has 0 spiro atoms. The van der Waals surface area contributed by atoms with Crippen LogP contribution in [-0.4, -0.2) is 32.0 Å². The zero-order chi connectivity index (χ0) is 17.2. The van der Waals surface area contributed by atoms with Gasteiger partial charge in [-0.05, 0) is 31.5 Å². The zero-order valence-electron chi connectivity index (χ0n) is 15.0. The number of ketones is 1. The number of carbonyl (C=O) groups is 1. The minimum absolute atomic E-state index is 0.182. The smallest absolute Gasteiger partial charge is 0.240 e. The lowest BCUT2D eigenvalue weighted by molar-refractivity contribution is -1.18. The van der Waals surface area contributed by atoms with E-state index < -0.39 is 0 Å². The number of nitrogens with one attached hydrogen (secondary N) is 2. The van der Waals surface area contributed by atoms with Gasteiger partial charge in [-0.25, -0.2) is 0 Å². The van der Waals surface area contributed by atoms with Crippen LogP contribution in [0, 0.1) is 12.3 Å². The molecule has 4 bridgehead atoms. The summed E-state index contributed by atoms with van der Waals surface area (Å²) in [6.07, 6.45) is 0.471. The number of carbonyl (C=O) groups excluding carboxylic acids is 1. The Labute approximate surface area is 149 Å². The van der Waals surface area contributed by atoms with Gasteiger partial charge in [-0.3, -0.25) is 14.6 Å². The van der Waals surface area contributed by atoms with Crippen molar-refractivity contribution in [2.75, 3.05) is 26.2 Å². The van der Waals surface area contributed by atoms with Crippen molar-refractivity contribution < 1.29 is 14.6 Å². The molecular weight excluding hydrogens is 308 g/mol. The summed E-state index contributed by atoms with van der Waals surface area (Å²) in [5.41, 5.74) is 3.48. The van der Waals surface area contributed by atoms with E-state index in [1.54, 1.807) is 9.80 Å². The monoisotopic (exact) mass is 334 g/mol. The standard InChI is InChI=1S/C22H24N2O/c1-16-8-10-17(11-9-16)19-23-12-21(2)13-24(19)15-22(14-23,20(21)25)18-6-4-3-5-7-18/h3-11,19H,12-15H2,1-2H3/p+2. The molecule has 0 aromatic heterocycles. The minimum atomic E-state index is -0.293. The summed E-state index contributed by atoms with van der Waals surface area (Å²) in [4.78, 5) is 16.6. The topological polar surface area (TPSA) is 26.0 Å². The quantitative estimate of drug-likeness (QED) is 0.813. The Bertz CT molecular complexity index is 811. The zero-order valence-corrected chi connectivity index (χ0v) is 15.0. The van der Waals surface area contributed by atoms with E-state index in [0.717, 1.165) is 26.2 Å². The van der Waals surface area contributed by atoms with Crippen LogP contribution in [0.3, 0.4) is 0 Å². The highest BCUT2D eigenvalue weighted by molar-refractivity contribution is 5.96. The van der Waals surface area contributed by atoms with E-state index >= 15 is 0 Å². The average Bonchev–Trinajstić information content (AvgIpc) is 2.60. The average molecular weight is 334 g/mol. The van der Waals surface area contributed by atoms with Gasteiger partial charge in [-0.15, -0.1) is 0 Å². The fourth-order valence-corrected chi connectivity index (χ4v) is 5.95. The van der Waals surface area contributed by atoms with Crippen LogP contribution in [0.1, 0.15) is 29.8 Å². The van der Waals surface area contributed by atoms with Gasteiger partial charge in [0.2, 0.25) is 6.17 Å². The molecule has 0 radical (unpaired) electrons. The molecule has 2 aromatic carbocycles. The number of Topliss-reactive ketones (excluding diaryl/α,β-unsaturated/α-hetero) is 1. The molecule has 3 nitrogen and oxygen atoms in total. The van der Waals surface area contributed by atoms with Gasteiger partial charge in [0, 0.05) is 0 Å². The van der Waals surface area contributed by atoms with Crippen LogP contribution in [0.5, 0.6) is 0 Å². The first kappa shape index (κ1) is 15.3. The van der Waals surface area contributed by atoms with Crippen LogP contribution < -0.4 is 9.80 Å². The molecule has 4 aliphatic heterocycles. The van der Waals surface area contributed by atoms with Crippen molar-refractivity contribution in [3.8, 4) is 0 Å². The lowest BCUT2D eigenvalue weighted by Gasteiger charge is -2.59. The molecule has 2 N–H and O–H groups in total. The Morgan fingerprint density at radius 1 is 0.880 bits per heavy atom. The summed E-state index contributed by atoms with van der Waals surface area (Å²) in [6, 6.07) is 19.6. The number of aryl methyl sites for hydroxylation is 1. The molecule has 128 valence electrons. The normalized spacial score (nSPS) is 39.0. The molecule has 4 fully saturated rings. The molecule has 0 amide bonds. The Hall–Kier alpha value is -1.97. The number of hydrogen-bond acceptors (Lipinski definition) is 1. The Balaban J connectivity index is 1.59. The van der Waals surface area contributed by atoms with Crippen LogP contribution >= 0.6 is 0 Å². The molecular formula is C22H26N2O+2. The van der Waals surface area contributed by atoms with Gasteiger partial charge in [0.15, 0.2) is 11.2 Å². The van der Waals surface area contributed by atoms with Crippen LogP contribution in [-0.2, 0) is 10.2 Å². The maximum absolute atomic E-state index is 13.5. The first-order valence-corrected chi connectivity index (χ1v) is 9.38. The van der Waals surface area contributed by atoms with Crippen molar-refractivity contribution in [2.24, 2.45) is 5.41 Å². The van der Waals surface area contributed by atoms with Crippen molar-refractivity contribution >= 4 is 5.78 Å². The minimum Gasteiger partial charge on any atom is -0.297 e. The molecule has 2 atom stereocenters. The van der Waals surface area contributed by atoms with Gasteiger partial charge >= 0.3 is 0 Å². The van der Waals surface area contributed by atoms with Gasteiger partial charge in [0.1, 0.15) is 31.6 Å². The lowest BCUT2D eigenvalue weighted by Crippen LogP contribution is -3.41. The van der Waals surface area contributed by atoms with E-state index in [9.17, 15) is 4.79 Å². The van der Waals surface area contributed by atoms with Crippen molar-refractivity contribution in [3.63, 3.8) is 0 Å². The summed E-state index contributed by atoms with van der Waals surface area (Å²) in [5.74, 6) is 0.487. The molecule has 2 aromatic rings. The van der Waals surface area contributed by atoms with Gasteiger partial charge in [0.05, 0.1) is 5.56 Å². The number of quaternary nitrogens is 2. The van der Waals surface area contributed by atoms with Crippen LogP contribution in [0.4, 0.5) is 0 Å². The Kier molecular flexibility index (Phi) is 3.08. The van der Waals surface area contributed by atoms with E-state index in [4.69, 9.17) is 0 Å². The maximum atomic E-state index is 13.5. The van der Waals surface area contributed by atoms with Crippen molar-refractivity contribution in [2.45, 2.75) is 25.4 Å². The van der Waals surface area contributed by atoms with E-state index in [1.807, 2.05) is 6.07 Å². The summed E-state index contributed by atoms with van der Waals surface area (Å²) in [6.45, 7) is 8.17. The molecule has 25 heavy (non-hydrogen) atoms. The fourth-order valence-electron chi connectivity index (χ4n) is 5.95. The highest BCUT2D eigenvalue weighted by Crippen LogP contribution is 2.38. The van der Waals surface area contributed by atoms with Crippen molar-refractivity contribution in [1.82, 2.24) is 0 Å². The van der Waals surface area contributed by atoms with Crippen molar-refractivity contribution in [3.05, 3.63) is 71.3 Å². The second kappa shape index (κ2) is 5.03. The highest BCUT2D eigenvalue weighted by Gasteiger charge is 2.70. The first-order chi connectivity index (χ1) is 12.0. The van der Waals surface area contributed by atoms with Crippen molar-refractivity contribution in [1.29, 1.82) is 0 Å². The third kappa shape index (κ3) is 2.03. The maximum Gasteiger partial charge on any atom is 0.240 e. The number of hydrogen-bond donors (Lipinski definition) is 2. The lowest BCUT2D eigenvalue weighted by atomic mass is 9.58. The molecule has 4 saturated heterocycles. The molecule has 0 aliphatic carbocycles. The summed E-state index contributed by atoms with van der Waals surface area (Å²) < 4.78 is 0. The molecule has 2 unspecified atom stereocenters. The fraction of sp³-hybridized carbons (Fsp3) is 0.409. The SMILES string of the molecule is Cc1ccc(C2[NH+]3CC4(C)C[NH+]2CC(c2ccccc2)(C3)C4=O)cc1. The van der Waals surface area contributed by atoms with E-state index in [-0.39, 0.29) is 10.8 Å². The molecule has 4 aliphatic rings. The predicted octanol–water partition coefficient (Wildman–Crippen LogP) is 0.318. The number of rotatable bonds is 2. The van der Waals surface area contributed by atoms with Gasteiger partial charge < -0.3 is 0 Å². The van der Waals surface area contributed by atoms with E-state index in [0.29, 0.717) is 11.9 Å². The van der Waals surface area contributed by atoms with E-state index in [2.05, 4.69) is 62.4 Å². The third-order valence-electron chi connectivity index (χ3n) is 6.83. The highest BCUT2D eigenvalue weighted by atomic mass is 16.1.